The molecule has 2 N–H and O–H groups in total. The van der Waals surface area contributed by atoms with Crippen molar-refractivity contribution in [3.8, 4) is 0 Å². The van der Waals surface area contributed by atoms with Gasteiger partial charge in [0.25, 0.3) is 5.91 Å². The number of carbonyl (C=O) groups is 2. The van der Waals surface area contributed by atoms with Gasteiger partial charge in [-0.25, -0.2) is 4.79 Å². The predicted octanol–water partition coefficient (Wildman–Crippen LogP) is 1.87. The maximum atomic E-state index is 12.0. The summed E-state index contributed by atoms with van der Waals surface area (Å²) in [6.07, 6.45) is 0. The van der Waals surface area contributed by atoms with Gasteiger partial charge >= 0.3 is 5.97 Å². The van der Waals surface area contributed by atoms with Gasteiger partial charge in [-0.15, -0.1) is 0 Å². The van der Waals surface area contributed by atoms with Crippen LogP contribution >= 0.6 is 11.6 Å². The van der Waals surface area contributed by atoms with E-state index in [1.54, 1.807) is 12.1 Å². The zero-order valence-corrected chi connectivity index (χ0v) is 11.7. The van der Waals surface area contributed by atoms with Crippen molar-refractivity contribution in [3.63, 3.8) is 0 Å². The van der Waals surface area contributed by atoms with Gasteiger partial charge in [-0.2, -0.15) is 0 Å². The number of amides is 1. The molecule has 0 fully saturated rings. The Labute approximate surface area is 116 Å². The van der Waals surface area contributed by atoms with Crippen molar-refractivity contribution in [2.75, 3.05) is 13.7 Å². The van der Waals surface area contributed by atoms with Crippen LogP contribution < -0.4 is 5.32 Å². The number of methoxy groups -OCH3 is 1. The van der Waals surface area contributed by atoms with Gasteiger partial charge in [0.05, 0.1) is 6.61 Å². The molecule has 5 nitrogen and oxygen atoms in total. The standard InChI is InChI=1S/C13H16ClNO4/c1-8-4-5-9(6-10(8)14)11(16)15-13(2,7-19-3)12(17)18/h4-6H,7H2,1-3H3,(H,15,16)(H,17,18)/t13-/m0/s1. The van der Waals surface area contributed by atoms with Gasteiger partial charge in [-0.3, -0.25) is 4.79 Å². The number of aliphatic carboxylic acids is 1. The van der Waals surface area contributed by atoms with Crippen LogP contribution in [0.2, 0.25) is 5.02 Å². The van der Waals surface area contributed by atoms with Crippen molar-refractivity contribution >= 4 is 23.5 Å². The molecule has 0 aliphatic carbocycles. The van der Waals surface area contributed by atoms with E-state index in [2.05, 4.69) is 5.32 Å². The van der Waals surface area contributed by atoms with Crippen molar-refractivity contribution in [1.82, 2.24) is 5.32 Å². The van der Waals surface area contributed by atoms with Crippen LogP contribution in [0.5, 0.6) is 0 Å². The van der Waals surface area contributed by atoms with Gasteiger partial charge in [-0.05, 0) is 31.5 Å². The Morgan fingerprint density at radius 2 is 2.11 bits per heavy atom. The van der Waals surface area contributed by atoms with E-state index in [-0.39, 0.29) is 6.61 Å². The molecule has 1 rings (SSSR count). The molecule has 1 amide bonds. The summed E-state index contributed by atoms with van der Waals surface area (Å²) in [7, 11) is 1.37. The van der Waals surface area contributed by atoms with E-state index >= 15 is 0 Å². The van der Waals surface area contributed by atoms with Crippen LogP contribution in [0.4, 0.5) is 0 Å². The summed E-state index contributed by atoms with van der Waals surface area (Å²) in [5.41, 5.74) is -0.335. The molecule has 0 aliphatic heterocycles. The van der Waals surface area contributed by atoms with Crippen molar-refractivity contribution in [3.05, 3.63) is 34.3 Å². The molecule has 0 aliphatic rings. The number of carboxylic acids is 1. The SMILES string of the molecule is COC[C@](C)(NC(=O)c1ccc(C)c(Cl)c1)C(=O)O. The quantitative estimate of drug-likeness (QED) is 0.866. The second kappa shape index (κ2) is 6.04. The molecule has 1 aromatic rings. The van der Waals surface area contributed by atoms with E-state index in [0.717, 1.165) is 5.56 Å². The minimum atomic E-state index is -1.48. The fourth-order valence-corrected chi connectivity index (χ4v) is 1.68. The monoisotopic (exact) mass is 285 g/mol. The first-order valence-corrected chi connectivity index (χ1v) is 5.99. The number of carboxylic acid groups (broad SMARTS) is 1. The third kappa shape index (κ3) is 3.68. The number of hydrogen-bond acceptors (Lipinski definition) is 3. The van der Waals surface area contributed by atoms with Gasteiger partial charge in [0, 0.05) is 17.7 Å². The molecule has 0 unspecified atom stereocenters. The summed E-state index contributed by atoms with van der Waals surface area (Å²) in [6.45, 7) is 3.07. The number of halogens is 1. The van der Waals surface area contributed by atoms with Crippen LogP contribution in [0.15, 0.2) is 18.2 Å². The van der Waals surface area contributed by atoms with Crippen LogP contribution in [-0.4, -0.2) is 36.2 Å². The Balaban J connectivity index is 2.94. The molecule has 0 aromatic heterocycles. The molecule has 1 aromatic carbocycles. The lowest BCUT2D eigenvalue weighted by Gasteiger charge is -2.25. The molecule has 0 spiro atoms. The summed E-state index contributed by atoms with van der Waals surface area (Å²) < 4.78 is 4.83. The van der Waals surface area contributed by atoms with Crippen LogP contribution in [0, 0.1) is 6.92 Å². The molecule has 104 valence electrons. The molecule has 0 saturated carbocycles. The Bertz CT molecular complexity index is 503. The topological polar surface area (TPSA) is 75.6 Å². The third-order valence-electron chi connectivity index (χ3n) is 2.73. The number of benzene rings is 1. The van der Waals surface area contributed by atoms with Crippen LogP contribution in [0.3, 0.4) is 0 Å². The fraction of sp³-hybridized carbons (Fsp3) is 0.385. The summed E-state index contributed by atoms with van der Waals surface area (Å²) in [5.74, 6) is -1.68. The first-order chi connectivity index (χ1) is 8.80. The fourth-order valence-electron chi connectivity index (χ4n) is 1.50. The lowest BCUT2D eigenvalue weighted by atomic mass is 10.0. The maximum absolute atomic E-state index is 12.0. The van der Waals surface area contributed by atoms with E-state index < -0.39 is 17.4 Å². The largest absolute Gasteiger partial charge is 0.479 e. The molecule has 0 bridgehead atoms. The minimum absolute atomic E-state index is 0.131. The Morgan fingerprint density at radius 1 is 1.47 bits per heavy atom. The minimum Gasteiger partial charge on any atom is -0.479 e. The molecule has 19 heavy (non-hydrogen) atoms. The number of rotatable bonds is 5. The number of hydrogen-bond donors (Lipinski definition) is 2. The smallest absolute Gasteiger partial charge is 0.331 e. The molecule has 1 atom stereocenters. The van der Waals surface area contributed by atoms with Gasteiger partial charge in [0.2, 0.25) is 0 Å². The Hall–Kier alpha value is -1.59. The zero-order chi connectivity index (χ0) is 14.6. The Morgan fingerprint density at radius 3 is 2.58 bits per heavy atom. The maximum Gasteiger partial charge on any atom is 0.331 e. The summed E-state index contributed by atoms with van der Waals surface area (Å²) in [5, 5.41) is 12.0. The predicted molar refractivity (Wildman–Crippen MR) is 71.6 cm³/mol. The van der Waals surface area contributed by atoms with Gasteiger partial charge < -0.3 is 15.2 Å². The normalized spacial score (nSPS) is 13.7. The number of carbonyl (C=O) groups excluding carboxylic acids is 1. The van der Waals surface area contributed by atoms with E-state index in [1.807, 2.05) is 6.92 Å². The zero-order valence-electron chi connectivity index (χ0n) is 11.0. The van der Waals surface area contributed by atoms with Crippen LogP contribution in [0.25, 0.3) is 0 Å². The van der Waals surface area contributed by atoms with Gasteiger partial charge in [0.1, 0.15) is 0 Å². The third-order valence-corrected chi connectivity index (χ3v) is 3.14. The Kier molecular flexibility index (Phi) is 4.91. The average molecular weight is 286 g/mol. The highest BCUT2D eigenvalue weighted by Gasteiger charge is 2.35. The van der Waals surface area contributed by atoms with Crippen molar-refractivity contribution in [2.45, 2.75) is 19.4 Å². The van der Waals surface area contributed by atoms with E-state index in [0.29, 0.717) is 10.6 Å². The highest BCUT2D eigenvalue weighted by atomic mass is 35.5. The van der Waals surface area contributed by atoms with Crippen LogP contribution in [-0.2, 0) is 9.53 Å². The van der Waals surface area contributed by atoms with Gasteiger partial charge in [0.15, 0.2) is 5.54 Å². The summed E-state index contributed by atoms with van der Waals surface area (Å²) >= 11 is 5.93. The van der Waals surface area contributed by atoms with E-state index in [1.165, 1.54) is 20.1 Å². The van der Waals surface area contributed by atoms with E-state index in [4.69, 9.17) is 21.4 Å². The highest BCUT2D eigenvalue weighted by molar-refractivity contribution is 6.31. The molecule has 0 radical (unpaired) electrons. The second-order valence-electron chi connectivity index (χ2n) is 4.49. The highest BCUT2D eigenvalue weighted by Crippen LogP contribution is 2.17. The van der Waals surface area contributed by atoms with Crippen molar-refractivity contribution in [2.24, 2.45) is 0 Å². The number of ether oxygens (including phenoxy) is 1. The van der Waals surface area contributed by atoms with Crippen LogP contribution in [0.1, 0.15) is 22.8 Å². The molecule has 0 heterocycles. The van der Waals surface area contributed by atoms with Crippen molar-refractivity contribution < 1.29 is 19.4 Å². The number of aryl methyl sites for hydroxylation is 1. The average Bonchev–Trinajstić information content (AvgIpc) is 2.32. The molecule has 0 saturated heterocycles. The second-order valence-corrected chi connectivity index (χ2v) is 4.90. The summed E-state index contributed by atoms with van der Waals surface area (Å²) in [4.78, 5) is 23.2. The lowest BCUT2D eigenvalue weighted by Crippen LogP contribution is -2.55. The van der Waals surface area contributed by atoms with Gasteiger partial charge in [-0.1, -0.05) is 17.7 Å². The van der Waals surface area contributed by atoms with E-state index in [9.17, 15) is 9.59 Å². The summed E-state index contributed by atoms with van der Waals surface area (Å²) in [6, 6.07) is 4.79. The molecular formula is C13H16ClNO4. The first-order valence-electron chi connectivity index (χ1n) is 5.61. The number of nitrogens with one attached hydrogen (secondary N) is 1. The molecule has 6 heteroatoms. The first kappa shape index (κ1) is 15.5. The van der Waals surface area contributed by atoms with Crippen molar-refractivity contribution in [1.29, 1.82) is 0 Å². The molecular weight excluding hydrogens is 270 g/mol. The lowest BCUT2D eigenvalue weighted by molar-refractivity contribution is -0.145.